The molecule has 4 aromatic rings. The number of carbonyl (C=O) groups excluding carboxylic acids is 1. The third kappa shape index (κ3) is 9.12. The van der Waals surface area contributed by atoms with Crippen molar-refractivity contribution in [2.24, 2.45) is 4.99 Å². The third-order valence-electron chi connectivity index (χ3n) is 7.74. The lowest BCUT2D eigenvalue weighted by molar-refractivity contribution is -0.274. The van der Waals surface area contributed by atoms with Gasteiger partial charge in [0.2, 0.25) is 0 Å². The zero-order valence-electron chi connectivity index (χ0n) is 26.3. The van der Waals surface area contributed by atoms with Crippen LogP contribution in [-0.2, 0) is 0 Å². The van der Waals surface area contributed by atoms with E-state index in [1.165, 1.54) is 53.1 Å². The molecule has 1 aromatic heterocycles. The molecule has 0 bridgehead atoms. The summed E-state index contributed by atoms with van der Waals surface area (Å²) in [6.07, 6.45) is -0.684. The molecular formula is C34H36F4N6O2S. The van der Waals surface area contributed by atoms with Crippen molar-refractivity contribution >= 4 is 28.6 Å². The van der Waals surface area contributed by atoms with Crippen molar-refractivity contribution in [3.63, 3.8) is 0 Å². The molecule has 2 amide bonds. The lowest BCUT2D eigenvalue weighted by atomic mass is 9.95. The summed E-state index contributed by atoms with van der Waals surface area (Å²) in [5.74, 6) is 1.14. The van der Waals surface area contributed by atoms with Gasteiger partial charge in [-0.1, -0.05) is 56.8 Å². The highest BCUT2D eigenvalue weighted by Crippen LogP contribution is 2.33. The maximum Gasteiger partial charge on any atom is 0.573 e. The Morgan fingerprint density at radius 2 is 1.81 bits per heavy atom. The minimum atomic E-state index is -4.75. The van der Waals surface area contributed by atoms with Crippen LogP contribution in [0.1, 0.15) is 63.0 Å². The number of thioether (sulfide) groups is 1. The molecule has 8 nitrogen and oxygen atoms in total. The smallest absolute Gasteiger partial charge is 0.406 e. The number of amides is 2. The van der Waals surface area contributed by atoms with Gasteiger partial charge >= 0.3 is 12.4 Å². The number of benzene rings is 3. The predicted octanol–water partition coefficient (Wildman–Crippen LogP) is 8.69. The van der Waals surface area contributed by atoms with Crippen LogP contribution in [0.4, 0.5) is 28.0 Å². The number of hydrogen-bond donors (Lipinski definition) is 1. The first-order valence-corrected chi connectivity index (χ1v) is 16.4. The maximum atomic E-state index is 14.0. The quantitative estimate of drug-likeness (QED) is 0.135. The van der Waals surface area contributed by atoms with E-state index in [1.807, 2.05) is 43.0 Å². The van der Waals surface area contributed by atoms with Crippen molar-refractivity contribution < 1.29 is 27.1 Å². The van der Waals surface area contributed by atoms with Gasteiger partial charge in [-0.3, -0.25) is 0 Å². The van der Waals surface area contributed by atoms with Gasteiger partial charge in [-0.2, -0.15) is 4.99 Å². The van der Waals surface area contributed by atoms with Gasteiger partial charge in [-0.25, -0.2) is 18.9 Å². The van der Waals surface area contributed by atoms with Crippen molar-refractivity contribution in [1.29, 1.82) is 0 Å². The Bertz CT molecular complexity index is 1690. The van der Waals surface area contributed by atoms with E-state index >= 15 is 0 Å². The molecule has 0 saturated carbocycles. The number of carbonyl (C=O) groups is 1. The van der Waals surface area contributed by atoms with E-state index in [9.17, 15) is 22.4 Å². The summed E-state index contributed by atoms with van der Waals surface area (Å²) in [5.41, 5.74) is 4.26. The lowest BCUT2D eigenvalue weighted by Gasteiger charge is -2.32. The van der Waals surface area contributed by atoms with Crippen LogP contribution in [0.2, 0.25) is 0 Å². The first-order valence-electron chi connectivity index (χ1n) is 15.4. The van der Waals surface area contributed by atoms with Crippen molar-refractivity contribution in [2.45, 2.75) is 58.2 Å². The summed E-state index contributed by atoms with van der Waals surface area (Å²) >= 11 is 1.53. The fraction of sp³-hybridized carbons (Fsp3) is 0.353. The van der Waals surface area contributed by atoms with Crippen LogP contribution in [0.3, 0.4) is 0 Å². The molecule has 1 unspecified atom stereocenters. The summed E-state index contributed by atoms with van der Waals surface area (Å²) in [5, 5.41) is 8.00. The van der Waals surface area contributed by atoms with Gasteiger partial charge in [-0.05, 0) is 84.7 Å². The number of aliphatic imine (C=N–C) groups is 1. The molecule has 1 fully saturated rings. The number of urea groups is 1. The molecule has 1 N–H and O–H groups in total. The number of hydrogen-bond acceptors (Lipinski definition) is 5. The fourth-order valence-corrected chi connectivity index (χ4v) is 6.24. The number of halogens is 4. The molecule has 3 aromatic carbocycles. The van der Waals surface area contributed by atoms with Crippen molar-refractivity contribution in [3.05, 3.63) is 90.0 Å². The Balaban J connectivity index is 1.12. The average Bonchev–Trinajstić information content (AvgIpc) is 3.53. The minimum absolute atomic E-state index is 0.126. The first kappa shape index (κ1) is 34.0. The van der Waals surface area contributed by atoms with Gasteiger partial charge in [-0.15, -0.1) is 18.3 Å². The third-order valence-corrected chi connectivity index (χ3v) is 8.81. The molecule has 248 valence electrons. The van der Waals surface area contributed by atoms with Crippen LogP contribution in [0.5, 0.6) is 5.75 Å². The summed E-state index contributed by atoms with van der Waals surface area (Å²) in [7, 11) is 0. The van der Waals surface area contributed by atoms with Gasteiger partial charge in [0.1, 0.15) is 17.9 Å². The minimum Gasteiger partial charge on any atom is -0.406 e. The zero-order chi connectivity index (χ0) is 33.6. The van der Waals surface area contributed by atoms with E-state index in [0.29, 0.717) is 23.2 Å². The van der Waals surface area contributed by atoms with Gasteiger partial charge in [0.15, 0.2) is 11.0 Å². The molecule has 0 spiro atoms. The maximum absolute atomic E-state index is 14.0. The molecule has 1 aliphatic heterocycles. The summed E-state index contributed by atoms with van der Waals surface area (Å²) in [6.45, 7) is 7.38. The number of nitrogens with one attached hydrogen (secondary N) is 1. The molecule has 1 saturated heterocycles. The van der Waals surface area contributed by atoms with Crippen LogP contribution in [-0.4, -0.2) is 51.2 Å². The number of nitrogens with zero attached hydrogens (tertiary/aromatic N) is 5. The average molecular weight is 669 g/mol. The van der Waals surface area contributed by atoms with Gasteiger partial charge in [0, 0.05) is 30.1 Å². The van der Waals surface area contributed by atoms with Crippen LogP contribution in [0.15, 0.2) is 78.0 Å². The standard InChI is InChI=1S/C34H36F4N6O2S/c1-22(2)29-20-26(35)11-16-30(29)43-18-5-19-47-33(43)41-32(45)39-17-4-6-23(3)24-7-9-25(10-8-24)31-40-21-44(42-31)27-12-14-28(15-13-27)46-34(36,37)38/h7-16,20-23H,4-6,17-19H2,1-3H3,(H,39,45)/b41-33-. The Kier molecular flexibility index (Phi) is 10.8. The van der Waals surface area contributed by atoms with Crippen molar-refractivity contribution in [2.75, 3.05) is 23.7 Å². The molecule has 1 atom stereocenters. The van der Waals surface area contributed by atoms with Gasteiger partial charge in [0.25, 0.3) is 0 Å². The second-order valence-corrected chi connectivity index (χ2v) is 12.6. The van der Waals surface area contributed by atoms with Gasteiger partial charge in [0.05, 0.1) is 5.69 Å². The van der Waals surface area contributed by atoms with E-state index in [2.05, 4.69) is 32.1 Å². The molecule has 0 radical (unpaired) electrons. The van der Waals surface area contributed by atoms with E-state index < -0.39 is 6.36 Å². The fourth-order valence-electron chi connectivity index (χ4n) is 5.29. The Morgan fingerprint density at radius 1 is 1.06 bits per heavy atom. The van der Waals surface area contributed by atoms with Crippen LogP contribution in [0.25, 0.3) is 17.1 Å². The second kappa shape index (κ2) is 15.0. The molecule has 2 heterocycles. The van der Waals surface area contributed by atoms with Gasteiger partial charge < -0.3 is 15.0 Å². The van der Waals surface area contributed by atoms with E-state index in [0.717, 1.165) is 53.9 Å². The van der Waals surface area contributed by atoms with E-state index in [-0.39, 0.29) is 29.4 Å². The number of ether oxygens (including phenoxy) is 1. The molecule has 0 aliphatic carbocycles. The topological polar surface area (TPSA) is 84.6 Å². The summed E-state index contributed by atoms with van der Waals surface area (Å²) in [6, 6.07) is 17.7. The lowest BCUT2D eigenvalue weighted by Crippen LogP contribution is -2.36. The number of aromatic nitrogens is 3. The van der Waals surface area contributed by atoms with Crippen LogP contribution < -0.4 is 15.0 Å². The van der Waals surface area contributed by atoms with Crippen LogP contribution in [0, 0.1) is 5.82 Å². The zero-order valence-corrected chi connectivity index (χ0v) is 27.1. The highest BCUT2D eigenvalue weighted by Gasteiger charge is 2.31. The normalized spacial score (nSPS) is 15.2. The Hall–Kier alpha value is -4.39. The Labute approximate surface area is 275 Å². The predicted molar refractivity (Wildman–Crippen MR) is 177 cm³/mol. The Morgan fingerprint density at radius 3 is 2.51 bits per heavy atom. The van der Waals surface area contributed by atoms with Crippen molar-refractivity contribution in [3.8, 4) is 22.8 Å². The highest BCUT2D eigenvalue weighted by atomic mass is 32.2. The molecule has 5 rings (SSSR count). The van der Waals surface area contributed by atoms with E-state index in [4.69, 9.17) is 0 Å². The highest BCUT2D eigenvalue weighted by molar-refractivity contribution is 8.14. The van der Waals surface area contributed by atoms with Crippen molar-refractivity contribution in [1.82, 2.24) is 20.1 Å². The number of anilines is 1. The molecule has 1 aliphatic rings. The monoisotopic (exact) mass is 668 g/mol. The second-order valence-electron chi connectivity index (χ2n) is 11.6. The number of amidine groups is 1. The molecule has 47 heavy (non-hydrogen) atoms. The summed E-state index contributed by atoms with van der Waals surface area (Å²) in [4.78, 5) is 23.5. The number of alkyl halides is 3. The van der Waals surface area contributed by atoms with Crippen LogP contribution >= 0.6 is 11.8 Å². The SMILES string of the molecule is CC(C)c1cc(F)ccc1N1CCCS/C1=N\C(=O)NCCCC(C)c1ccc(-c2ncn(-c3ccc(OC(F)(F)F)cc3)n2)cc1. The molecular weight excluding hydrogens is 632 g/mol. The summed E-state index contributed by atoms with van der Waals surface area (Å²) < 4.78 is 56.6. The van der Waals surface area contributed by atoms with E-state index in [1.54, 1.807) is 12.1 Å². The molecule has 13 heteroatoms. The largest absolute Gasteiger partial charge is 0.573 e. The number of rotatable bonds is 10. The first-order chi connectivity index (χ1) is 22.5.